The van der Waals surface area contributed by atoms with Gasteiger partial charge in [-0.3, -0.25) is 4.98 Å². The van der Waals surface area contributed by atoms with Crippen molar-refractivity contribution >= 4 is 0 Å². The van der Waals surface area contributed by atoms with Crippen LogP contribution in [0.3, 0.4) is 0 Å². The van der Waals surface area contributed by atoms with E-state index in [-0.39, 0.29) is 6.61 Å². The highest BCUT2D eigenvalue weighted by Crippen LogP contribution is 2.27. The summed E-state index contributed by atoms with van der Waals surface area (Å²) >= 11 is 0. The lowest BCUT2D eigenvalue weighted by Crippen LogP contribution is -2.02. The number of aliphatic hydroxyl groups excluding tert-OH is 1. The first-order valence-electron chi connectivity index (χ1n) is 5.16. The van der Waals surface area contributed by atoms with Crippen LogP contribution in [-0.2, 0) is 0 Å². The van der Waals surface area contributed by atoms with Crippen LogP contribution in [0.25, 0.3) is 11.3 Å². The molecule has 0 bridgehead atoms. The number of ether oxygens (including phenoxy) is 1. The summed E-state index contributed by atoms with van der Waals surface area (Å²) in [5.74, 6) is 0.746. The molecule has 0 aliphatic rings. The van der Waals surface area contributed by atoms with Gasteiger partial charge in [0.15, 0.2) is 0 Å². The van der Waals surface area contributed by atoms with E-state index < -0.39 is 0 Å². The van der Waals surface area contributed by atoms with Crippen molar-refractivity contribution < 1.29 is 9.84 Å². The molecule has 0 spiro atoms. The van der Waals surface area contributed by atoms with E-state index in [4.69, 9.17) is 9.84 Å². The average Bonchev–Trinajstić information content (AvgIpc) is 2.38. The highest BCUT2D eigenvalue weighted by atomic mass is 16.5. The second-order valence-electron chi connectivity index (χ2n) is 3.28. The van der Waals surface area contributed by atoms with E-state index in [1.165, 1.54) is 0 Å². The van der Waals surface area contributed by atoms with E-state index in [0.29, 0.717) is 6.61 Å². The lowest BCUT2D eigenvalue weighted by molar-refractivity contribution is 0.202. The maximum absolute atomic E-state index is 8.75. The Bertz CT molecular complexity index is 443. The van der Waals surface area contributed by atoms with E-state index in [0.717, 1.165) is 17.0 Å². The minimum absolute atomic E-state index is 0.0105. The van der Waals surface area contributed by atoms with Gasteiger partial charge in [0.05, 0.1) is 12.3 Å². The van der Waals surface area contributed by atoms with Crippen LogP contribution < -0.4 is 4.74 Å². The molecule has 1 aromatic heterocycles. The summed E-state index contributed by atoms with van der Waals surface area (Å²) in [5.41, 5.74) is 1.81. The Morgan fingerprint density at radius 2 is 1.88 bits per heavy atom. The molecule has 0 aliphatic carbocycles. The highest BCUT2D eigenvalue weighted by molar-refractivity contribution is 5.66. The van der Waals surface area contributed by atoms with Gasteiger partial charge in [-0.1, -0.05) is 18.2 Å². The summed E-state index contributed by atoms with van der Waals surface area (Å²) in [6.45, 7) is 0.306. The molecule has 0 fully saturated rings. The Labute approximate surface area is 94.3 Å². The SMILES string of the molecule is OCCOc1ccccc1-c1ccccn1. The summed E-state index contributed by atoms with van der Waals surface area (Å²) in [5, 5.41) is 8.75. The summed E-state index contributed by atoms with van der Waals surface area (Å²) in [4.78, 5) is 4.28. The quantitative estimate of drug-likeness (QED) is 0.849. The molecule has 1 N–H and O–H groups in total. The van der Waals surface area contributed by atoms with Crippen molar-refractivity contribution in [1.29, 1.82) is 0 Å². The predicted octanol–water partition coefficient (Wildman–Crippen LogP) is 2.12. The Balaban J connectivity index is 2.33. The maximum atomic E-state index is 8.75. The average molecular weight is 215 g/mol. The Hall–Kier alpha value is -1.87. The predicted molar refractivity (Wildman–Crippen MR) is 62.3 cm³/mol. The molecule has 0 saturated heterocycles. The van der Waals surface area contributed by atoms with Crippen molar-refractivity contribution in [3.63, 3.8) is 0 Å². The Morgan fingerprint density at radius 1 is 1.06 bits per heavy atom. The molecular formula is C13H13NO2. The topological polar surface area (TPSA) is 42.4 Å². The molecule has 16 heavy (non-hydrogen) atoms. The molecule has 3 heteroatoms. The first-order chi connectivity index (χ1) is 7.92. The molecule has 2 rings (SSSR count). The monoisotopic (exact) mass is 215 g/mol. The number of nitrogens with zero attached hydrogens (tertiary/aromatic N) is 1. The van der Waals surface area contributed by atoms with Gasteiger partial charge in [-0.15, -0.1) is 0 Å². The third-order valence-corrected chi connectivity index (χ3v) is 2.18. The first-order valence-corrected chi connectivity index (χ1v) is 5.16. The van der Waals surface area contributed by atoms with Crippen molar-refractivity contribution in [2.24, 2.45) is 0 Å². The van der Waals surface area contributed by atoms with Crippen LogP contribution in [0, 0.1) is 0 Å². The Kier molecular flexibility index (Phi) is 3.51. The number of para-hydroxylation sites is 1. The van der Waals surface area contributed by atoms with E-state index in [2.05, 4.69) is 4.98 Å². The van der Waals surface area contributed by atoms with E-state index >= 15 is 0 Å². The van der Waals surface area contributed by atoms with Crippen LogP contribution in [0.4, 0.5) is 0 Å². The summed E-state index contributed by atoms with van der Waals surface area (Å²) in [7, 11) is 0. The number of aliphatic hydroxyl groups is 1. The number of benzene rings is 1. The number of hydrogen-bond acceptors (Lipinski definition) is 3. The molecule has 3 nitrogen and oxygen atoms in total. The third kappa shape index (κ3) is 2.38. The normalized spacial score (nSPS) is 10.1. The molecular weight excluding hydrogens is 202 g/mol. The third-order valence-electron chi connectivity index (χ3n) is 2.18. The fraction of sp³-hybridized carbons (Fsp3) is 0.154. The molecule has 0 amide bonds. The minimum Gasteiger partial charge on any atom is -0.490 e. The summed E-state index contributed by atoms with van der Waals surface area (Å²) < 4.78 is 5.45. The van der Waals surface area contributed by atoms with Gasteiger partial charge in [0.25, 0.3) is 0 Å². The van der Waals surface area contributed by atoms with Gasteiger partial charge in [-0.05, 0) is 24.3 Å². The molecule has 2 aromatic rings. The second kappa shape index (κ2) is 5.28. The van der Waals surface area contributed by atoms with Crippen LogP contribution in [-0.4, -0.2) is 23.3 Å². The molecule has 1 heterocycles. The fourth-order valence-corrected chi connectivity index (χ4v) is 1.48. The van der Waals surface area contributed by atoms with Crippen LogP contribution in [0.1, 0.15) is 0 Å². The molecule has 0 radical (unpaired) electrons. The number of pyridine rings is 1. The highest BCUT2D eigenvalue weighted by Gasteiger charge is 2.05. The van der Waals surface area contributed by atoms with Gasteiger partial charge in [0.2, 0.25) is 0 Å². The zero-order valence-corrected chi connectivity index (χ0v) is 8.84. The number of aromatic nitrogens is 1. The van der Waals surface area contributed by atoms with Crippen molar-refractivity contribution in [1.82, 2.24) is 4.98 Å². The summed E-state index contributed by atoms with van der Waals surface area (Å²) in [6, 6.07) is 13.4. The molecule has 0 saturated carbocycles. The standard InChI is InChI=1S/C13H13NO2/c15-9-10-16-13-7-2-1-5-11(13)12-6-3-4-8-14-12/h1-8,15H,9-10H2. The van der Waals surface area contributed by atoms with Crippen LogP contribution in [0.15, 0.2) is 48.7 Å². The van der Waals surface area contributed by atoms with Crippen molar-refractivity contribution in [2.45, 2.75) is 0 Å². The first kappa shape index (κ1) is 10.6. The van der Waals surface area contributed by atoms with Crippen molar-refractivity contribution in [3.8, 4) is 17.0 Å². The van der Waals surface area contributed by atoms with Gasteiger partial charge < -0.3 is 9.84 Å². The molecule has 1 aromatic carbocycles. The zero-order valence-electron chi connectivity index (χ0n) is 8.84. The Morgan fingerprint density at radius 3 is 2.62 bits per heavy atom. The maximum Gasteiger partial charge on any atom is 0.128 e. The van der Waals surface area contributed by atoms with E-state index in [1.807, 2.05) is 42.5 Å². The lowest BCUT2D eigenvalue weighted by atomic mass is 10.1. The number of rotatable bonds is 4. The van der Waals surface area contributed by atoms with Gasteiger partial charge in [-0.2, -0.15) is 0 Å². The van der Waals surface area contributed by atoms with Gasteiger partial charge in [0.1, 0.15) is 12.4 Å². The zero-order chi connectivity index (χ0) is 11.2. The van der Waals surface area contributed by atoms with Gasteiger partial charge in [0, 0.05) is 11.8 Å². The second-order valence-corrected chi connectivity index (χ2v) is 3.28. The van der Waals surface area contributed by atoms with E-state index in [9.17, 15) is 0 Å². The summed E-state index contributed by atoms with van der Waals surface area (Å²) in [6.07, 6.45) is 1.75. The van der Waals surface area contributed by atoms with Crippen LogP contribution in [0.5, 0.6) is 5.75 Å². The van der Waals surface area contributed by atoms with Crippen molar-refractivity contribution in [2.75, 3.05) is 13.2 Å². The largest absolute Gasteiger partial charge is 0.490 e. The van der Waals surface area contributed by atoms with Crippen LogP contribution >= 0.6 is 0 Å². The number of hydrogen-bond donors (Lipinski definition) is 1. The smallest absolute Gasteiger partial charge is 0.128 e. The van der Waals surface area contributed by atoms with Gasteiger partial charge >= 0.3 is 0 Å². The minimum atomic E-state index is 0.0105. The fourth-order valence-electron chi connectivity index (χ4n) is 1.48. The molecule has 0 unspecified atom stereocenters. The molecule has 0 aliphatic heterocycles. The lowest BCUT2D eigenvalue weighted by Gasteiger charge is -2.09. The van der Waals surface area contributed by atoms with Crippen LogP contribution in [0.2, 0.25) is 0 Å². The molecule has 82 valence electrons. The molecule has 0 atom stereocenters. The van der Waals surface area contributed by atoms with Gasteiger partial charge in [-0.25, -0.2) is 0 Å². The van der Waals surface area contributed by atoms with Crippen molar-refractivity contribution in [3.05, 3.63) is 48.7 Å². The van der Waals surface area contributed by atoms with E-state index in [1.54, 1.807) is 6.20 Å².